The number of aromatic nitrogens is 2. The van der Waals surface area contributed by atoms with E-state index in [4.69, 9.17) is 0 Å². The van der Waals surface area contributed by atoms with Crippen LogP contribution in [0.25, 0.3) is 0 Å². The molecule has 1 aromatic carbocycles. The zero-order chi connectivity index (χ0) is 14.5. The van der Waals surface area contributed by atoms with Crippen molar-refractivity contribution in [3.05, 3.63) is 58.4 Å². The van der Waals surface area contributed by atoms with Gasteiger partial charge in [0.05, 0.1) is 0 Å². The first-order valence-electron chi connectivity index (χ1n) is 6.60. The molecule has 2 rings (SSSR count). The number of benzene rings is 1. The summed E-state index contributed by atoms with van der Waals surface area (Å²) in [6.45, 7) is 5.11. The molecule has 0 amide bonds. The highest BCUT2D eigenvalue weighted by atomic mass is 19.1. The summed E-state index contributed by atoms with van der Waals surface area (Å²) in [5.41, 5.74) is 0.614. The maximum atomic E-state index is 13.1. The molecule has 4 nitrogen and oxygen atoms in total. The first-order chi connectivity index (χ1) is 9.56. The van der Waals surface area contributed by atoms with Crippen LogP contribution in [0.4, 0.5) is 10.2 Å². The predicted octanol–water partition coefficient (Wildman–Crippen LogP) is 2.65. The van der Waals surface area contributed by atoms with Gasteiger partial charge in [-0.1, -0.05) is 26.0 Å². The molecule has 1 N–H and O–H groups in total. The van der Waals surface area contributed by atoms with Crippen molar-refractivity contribution >= 4 is 5.82 Å². The van der Waals surface area contributed by atoms with Crippen LogP contribution in [-0.2, 0) is 13.1 Å². The molecule has 0 saturated carbocycles. The number of rotatable bonds is 5. The summed E-state index contributed by atoms with van der Waals surface area (Å²) in [5, 5.41) is 2.96. The van der Waals surface area contributed by atoms with Gasteiger partial charge < -0.3 is 9.88 Å². The SMILES string of the molecule is CC(C)Cn1ccnc(NCc2cccc(F)c2)c1=O. The largest absolute Gasteiger partial charge is 0.361 e. The third-order valence-corrected chi connectivity index (χ3v) is 2.82. The highest BCUT2D eigenvalue weighted by Gasteiger charge is 2.06. The average Bonchev–Trinajstić information content (AvgIpc) is 2.39. The summed E-state index contributed by atoms with van der Waals surface area (Å²) < 4.78 is 14.7. The van der Waals surface area contributed by atoms with Gasteiger partial charge in [0.25, 0.3) is 5.56 Å². The smallest absolute Gasteiger partial charge is 0.293 e. The molecule has 0 spiro atoms. The van der Waals surface area contributed by atoms with Crippen molar-refractivity contribution < 1.29 is 4.39 Å². The van der Waals surface area contributed by atoms with E-state index in [2.05, 4.69) is 10.3 Å². The van der Waals surface area contributed by atoms with Crippen molar-refractivity contribution in [2.75, 3.05) is 5.32 Å². The Labute approximate surface area is 117 Å². The van der Waals surface area contributed by atoms with Crippen LogP contribution in [-0.4, -0.2) is 9.55 Å². The van der Waals surface area contributed by atoms with Gasteiger partial charge in [-0.05, 0) is 23.6 Å². The van der Waals surface area contributed by atoms with Gasteiger partial charge in [-0.25, -0.2) is 9.37 Å². The highest BCUT2D eigenvalue weighted by Crippen LogP contribution is 2.05. The molecule has 2 aromatic rings. The van der Waals surface area contributed by atoms with E-state index in [1.807, 2.05) is 13.8 Å². The Bertz CT molecular complexity index is 637. The van der Waals surface area contributed by atoms with Crippen LogP contribution < -0.4 is 10.9 Å². The van der Waals surface area contributed by atoms with Gasteiger partial charge in [0.1, 0.15) is 5.82 Å². The molecule has 20 heavy (non-hydrogen) atoms. The summed E-state index contributed by atoms with van der Waals surface area (Å²) in [6, 6.07) is 6.26. The fourth-order valence-electron chi connectivity index (χ4n) is 1.94. The van der Waals surface area contributed by atoms with Crippen LogP contribution in [0.3, 0.4) is 0 Å². The van der Waals surface area contributed by atoms with E-state index in [1.165, 1.54) is 12.1 Å². The van der Waals surface area contributed by atoms with Crippen LogP contribution in [0.1, 0.15) is 19.4 Å². The molecule has 0 radical (unpaired) electrons. The Balaban J connectivity index is 2.12. The van der Waals surface area contributed by atoms with Crippen LogP contribution in [0.15, 0.2) is 41.5 Å². The van der Waals surface area contributed by atoms with E-state index < -0.39 is 0 Å². The minimum absolute atomic E-state index is 0.155. The van der Waals surface area contributed by atoms with Crippen LogP contribution in [0.2, 0.25) is 0 Å². The lowest BCUT2D eigenvalue weighted by molar-refractivity contribution is 0.509. The summed E-state index contributed by atoms with van der Waals surface area (Å²) in [6.07, 6.45) is 3.27. The highest BCUT2D eigenvalue weighted by molar-refractivity contribution is 5.32. The molecule has 0 bridgehead atoms. The van der Waals surface area contributed by atoms with Crippen molar-refractivity contribution in [3.8, 4) is 0 Å². The zero-order valence-electron chi connectivity index (χ0n) is 11.6. The summed E-state index contributed by atoms with van der Waals surface area (Å²) >= 11 is 0. The molecule has 5 heteroatoms. The van der Waals surface area contributed by atoms with Gasteiger partial charge in [-0.15, -0.1) is 0 Å². The lowest BCUT2D eigenvalue weighted by atomic mass is 10.2. The quantitative estimate of drug-likeness (QED) is 0.912. The molecule has 1 aromatic heterocycles. The molecule has 0 aliphatic carbocycles. The fourth-order valence-corrected chi connectivity index (χ4v) is 1.94. The maximum absolute atomic E-state index is 13.1. The Kier molecular flexibility index (Phi) is 4.50. The van der Waals surface area contributed by atoms with Gasteiger partial charge >= 0.3 is 0 Å². The minimum Gasteiger partial charge on any atom is -0.361 e. The van der Waals surface area contributed by atoms with Gasteiger partial charge in [0.15, 0.2) is 5.82 Å². The predicted molar refractivity (Wildman–Crippen MR) is 77.1 cm³/mol. The normalized spacial score (nSPS) is 10.8. The van der Waals surface area contributed by atoms with E-state index >= 15 is 0 Å². The summed E-state index contributed by atoms with van der Waals surface area (Å²) in [4.78, 5) is 16.2. The number of halogens is 1. The molecule has 0 atom stereocenters. The second kappa shape index (κ2) is 6.32. The fraction of sp³-hybridized carbons (Fsp3) is 0.333. The third-order valence-electron chi connectivity index (χ3n) is 2.82. The molecule has 0 saturated heterocycles. The first kappa shape index (κ1) is 14.2. The van der Waals surface area contributed by atoms with Crippen LogP contribution >= 0.6 is 0 Å². The molecule has 0 unspecified atom stereocenters. The standard InChI is InChI=1S/C15H18FN3O/c1-11(2)10-19-7-6-17-14(15(19)20)18-9-12-4-3-5-13(16)8-12/h3-8,11H,9-10H2,1-2H3,(H,17,18). The van der Waals surface area contributed by atoms with E-state index in [0.29, 0.717) is 19.0 Å². The van der Waals surface area contributed by atoms with E-state index in [0.717, 1.165) is 5.56 Å². The average molecular weight is 275 g/mol. The van der Waals surface area contributed by atoms with Crippen molar-refractivity contribution in [2.45, 2.75) is 26.9 Å². The van der Waals surface area contributed by atoms with Crippen LogP contribution in [0, 0.1) is 11.7 Å². The van der Waals surface area contributed by atoms with E-state index in [9.17, 15) is 9.18 Å². The van der Waals surface area contributed by atoms with Crippen LogP contribution in [0.5, 0.6) is 0 Å². The maximum Gasteiger partial charge on any atom is 0.293 e. The van der Waals surface area contributed by atoms with Crippen molar-refractivity contribution in [2.24, 2.45) is 5.92 Å². The van der Waals surface area contributed by atoms with E-state index in [1.54, 1.807) is 29.1 Å². The zero-order valence-corrected chi connectivity index (χ0v) is 11.6. The molecular formula is C15H18FN3O. The van der Waals surface area contributed by atoms with Crippen molar-refractivity contribution in [1.29, 1.82) is 0 Å². The summed E-state index contributed by atoms with van der Waals surface area (Å²) in [7, 11) is 0. The van der Waals surface area contributed by atoms with Gasteiger partial charge in [0.2, 0.25) is 0 Å². The topological polar surface area (TPSA) is 46.9 Å². The second-order valence-corrected chi connectivity index (χ2v) is 5.11. The number of hydrogen-bond donors (Lipinski definition) is 1. The number of nitrogens with zero attached hydrogens (tertiary/aromatic N) is 2. The molecule has 0 aliphatic rings. The Hall–Kier alpha value is -2.17. The number of hydrogen-bond acceptors (Lipinski definition) is 3. The second-order valence-electron chi connectivity index (χ2n) is 5.11. The molecule has 0 aliphatic heterocycles. The summed E-state index contributed by atoms with van der Waals surface area (Å²) in [5.74, 6) is 0.381. The number of nitrogens with one attached hydrogen (secondary N) is 1. The molecule has 0 fully saturated rings. The lowest BCUT2D eigenvalue weighted by Crippen LogP contribution is -2.25. The molecular weight excluding hydrogens is 257 g/mol. The van der Waals surface area contributed by atoms with Crippen molar-refractivity contribution in [1.82, 2.24) is 9.55 Å². The van der Waals surface area contributed by atoms with Crippen molar-refractivity contribution in [3.63, 3.8) is 0 Å². The monoisotopic (exact) mass is 275 g/mol. The lowest BCUT2D eigenvalue weighted by Gasteiger charge is -2.10. The molecule has 1 heterocycles. The number of anilines is 1. The van der Waals surface area contributed by atoms with Gasteiger partial charge in [-0.2, -0.15) is 0 Å². The van der Waals surface area contributed by atoms with Gasteiger partial charge in [-0.3, -0.25) is 4.79 Å². The first-order valence-corrected chi connectivity index (χ1v) is 6.60. The third kappa shape index (κ3) is 3.66. The Morgan fingerprint density at radius 2 is 2.20 bits per heavy atom. The minimum atomic E-state index is -0.289. The Morgan fingerprint density at radius 1 is 1.40 bits per heavy atom. The van der Waals surface area contributed by atoms with Gasteiger partial charge in [0, 0.05) is 25.5 Å². The molecule has 106 valence electrons. The Morgan fingerprint density at radius 3 is 2.90 bits per heavy atom. The van der Waals surface area contributed by atoms with E-state index in [-0.39, 0.29) is 17.2 Å².